The van der Waals surface area contributed by atoms with Gasteiger partial charge >= 0.3 is 0 Å². The first-order valence-corrected chi connectivity index (χ1v) is 5.84. The van der Waals surface area contributed by atoms with Gasteiger partial charge in [0.2, 0.25) is 0 Å². The molecule has 0 saturated heterocycles. The second-order valence-electron chi connectivity index (χ2n) is 3.85. The van der Waals surface area contributed by atoms with E-state index in [0.717, 1.165) is 31.9 Å². The molecular formula is C12H19N3O. The molecule has 4 nitrogen and oxygen atoms in total. The van der Waals surface area contributed by atoms with Gasteiger partial charge in [0, 0.05) is 6.20 Å². The van der Waals surface area contributed by atoms with E-state index in [1.54, 1.807) is 0 Å². The van der Waals surface area contributed by atoms with E-state index in [9.17, 15) is 0 Å². The van der Waals surface area contributed by atoms with Gasteiger partial charge in [-0.3, -0.25) is 0 Å². The second-order valence-corrected chi connectivity index (χ2v) is 3.85. The average Bonchev–Trinajstić information content (AvgIpc) is 2.76. The Balaban J connectivity index is 1.71. The zero-order chi connectivity index (χ0) is 11.2. The molecule has 2 aliphatic rings. The molecule has 2 heterocycles. The molecule has 0 aliphatic carbocycles. The fourth-order valence-corrected chi connectivity index (χ4v) is 1.73. The van der Waals surface area contributed by atoms with E-state index in [4.69, 9.17) is 4.74 Å². The van der Waals surface area contributed by atoms with Crippen LogP contribution in [0.2, 0.25) is 0 Å². The van der Waals surface area contributed by atoms with Gasteiger partial charge in [0.25, 0.3) is 0 Å². The van der Waals surface area contributed by atoms with Crippen molar-refractivity contribution < 1.29 is 4.74 Å². The first-order valence-electron chi connectivity index (χ1n) is 5.84. The van der Waals surface area contributed by atoms with Gasteiger partial charge in [-0.2, -0.15) is 0 Å². The van der Waals surface area contributed by atoms with Crippen LogP contribution in [0, 0.1) is 0 Å². The van der Waals surface area contributed by atoms with Gasteiger partial charge in [0.1, 0.15) is 11.9 Å². The van der Waals surface area contributed by atoms with Gasteiger partial charge in [0.05, 0.1) is 6.61 Å². The van der Waals surface area contributed by atoms with E-state index < -0.39 is 0 Å². The quantitative estimate of drug-likeness (QED) is 0.581. The predicted molar refractivity (Wildman–Crippen MR) is 64.5 cm³/mol. The number of hydrogen-bond donors (Lipinski definition) is 3. The largest absolute Gasteiger partial charge is 0.492 e. The van der Waals surface area contributed by atoms with Crippen molar-refractivity contribution in [1.29, 1.82) is 0 Å². The topological polar surface area (TPSA) is 45.3 Å². The summed E-state index contributed by atoms with van der Waals surface area (Å²) < 4.78 is 5.66. The minimum atomic E-state index is 0.231. The Morgan fingerprint density at radius 3 is 3.25 bits per heavy atom. The third-order valence-corrected chi connectivity index (χ3v) is 2.59. The van der Waals surface area contributed by atoms with Crippen molar-refractivity contribution in [3.8, 4) is 0 Å². The summed E-state index contributed by atoms with van der Waals surface area (Å²) in [5.41, 5.74) is 1.23. The molecule has 0 amide bonds. The van der Waals surface area contributed by atoms with Gasteiger partial charge in [-0.05, 0) is 43.4 Å². The van der Waals surface area contributed by atoms with Crippen molar-refractivity contribution in [1.82, 2.24) is 16.0 Å². The molecule has 0 spiro atoms. The van der Waals surface area contributed by atoms with Crippen LogP contribution in [0.15, 0.2) is 35.9 Å². The average molecular weight is 221 g/mol. The fourth-order valence-electron chi connectivity index (χ4n) is 1.73. The van der Waals surface area contributed by atoms with Gasteiger partial charge in [-0.25, -0.2) is 0 Å². The molecule has 0 radical (unpaired) electrons. The van der Waals surface area contributed by atoms with Crippen LogP contribution in [0.3, 0.4) is 0 Å². The van der Waals surface area contributed by atoms with Crippen LogP contribution >= 0.6 is 0 Å². The molecule has 2 aliphatic heterocycles. The van der Waals surface area contributed by atoms with E-state index in [2.05, 4.69) is 35.0 Å². The normalized spacial score (nSPS) is 21.7. The zero-order valence-corrected chi connectivity index (χ0v) is 9.62. The van der Waals surface area contributed by atoms with Gasteiger partial charge in [-0.1, -0.05) is 6.92 Å². The highest BCUT2D eigenvalue weighted by molar-refractivity contribution is 5.38. The maximum Gasteiger partial charge on any atom is 0.135 e. The first-order chi connectivity index (χ1) is 7.90. The maximum atomic E-state index is 5.66. The van der Waals surface area contributed by atoms with Gasteiger partial charge < -0.3 is 20.7 Å². The third-order valence-electron chi connectivity index (χ3n) is 2.59. The molecule has 1 unspecified atom stereocenters. The van der Waals surface area contributed by atoms with Crippen LogP contribution in [0.1, 0.15) is 13.3 Å². The Morgan fingerprint density at radius 1 is 1.44 bits per heavy atom. The highest BCUT2D eigenvalue weighted by atomic mass is 16.5. The van der Waals surface area contributed by atoms with E-state index in [1.807, 2.05) is 12.4 Å². The van der Waals surface area contributed by atoms with E-state index in [1.165, 1.54) is 5.57 Å². The monoisotopic (exact) mass is 221 g/mol. The SMILES string of the molecule is CCNCCCOC1=CNC2NC=CC2=C1. The summed E-state index contributed by atoms with van der Waals surface area (Å²) in [4.78, 5) is 0. The first kappa shape index (κ1) is 11.1. The van der Waals surface area contributed by atoms with E-state index in [0.29, 0.717) is 0 Å². The Morgan fingerprint density at radius 2 is 2.38 bits per heavy atom. The molecule has 0 aromatic carbocycles. The summed E-state index contributed by atoms with van der Waals surface area (Å²) in [7, 11) is 0. The molecule has 0 aromatic heterocycles. The minimum absolute atomic E-state index is 0.231. The molecule has 4 heteroatoms. The highest BCUT2D eigenvalue weighted by Crippen LogP contribution is 2.16. The number of fused-ring (bicyclic) bond motifs is 1. The molecule has 2 rings (SSSR count). The number of nitrogens with one attached hydrogen (secondary N) is 3. The number of allylic oxidation sites excluding steroid dienone is 1. The number of rotatable bonds is 6. The Labute approximate surface area is 96.4 Å². The van der Waals surface area contributed by atoms with Crippen LogP contribution in [0.25, 0.3) is 0 Å². The van der Waals surface area contributed by atoms with Crippen LogP contribution < -0.4 is 16.0 Å². The number of hydrogen-bond acceptors (Lipinski definition) is 4. The smallest absolute Gasteiger partial charge is 0.135 e. The third kappa shape index (κ3) is 2.79. The minimum Gasteiger partial charge on any atom is -0.492 e. The fraction of sp³-hybridized carbons (Fsp3) is 0.500. The van der Waals surface area contributed by atoms with Gasteiger partial charge in [-0.15, -0.1) is 0 Å². The molecule has 88 valence electrons. The van der Waals surface area contributed by atoms with Crippen LogP contribution in [0.5, 0.6) is 0 Å². The Bertz CT molecular complexity index is 320. The lowest BCUT2D eigenvalue weighted by Gasteiger charge is -2.20. The van der Waals surface area contributed by atoms with Crippen molar-refractivity contribution in [3.63, 3.8) is 0 Å². The Kier molecular flexibility index (Phi) is 3.88. The molecule has 0 aromatic rings. The summed E-state index contributed by atoms with van der Waals surface area (Å²) in [6.45, 7) is 4.90. The lowest BCUT2D eigenvalue weighted by molar-refractivity contribution is 0.215. The number of dihydropyridines is 1. The maximum absolute atomic E-state index is 5.66. The Hall–Kier alpha value is -1.42. The van der Waals surface area contributed by atoms with Crippen molar-refractivity contribution in [2.24, 2.45) is 0 Å². The van der Waals surface area contributed by atoms with Crippen molar-refractivity contribution in [2.75, 3.05) is 19.7 Å². The summed E-state index contributed by atoms with van der Waals surface area (Å²) in [6.07, 6.45) is 9.27. The van der Waals surface area contributed by atoms with E-state index >= 15 is 0 Å². The predicted octanol–water partition coefficient (Wildman–Crippen LogP) is 0.817. The lowest BCUT2D eigenvalue weighted by Crippen LogP contribution is -2.36. The van der Waals surface area contributed by atoms with E-state index in [-0.39, 0.29) is 6.17 Å². The highest BCUT2D eigenvalue weighted by Gasteiger charge is 2.17. The summed E-state index contributed by atoms with van der Waals surface area (Å²) >= 11 is 0. The van der Waals surface area contributed by atoms with Crippen LogP contribution in [0.4, 0.5) is 0 Å². The standard InChI is InChI=1S/C12H19N3O/c1-2-13-5-3-7-16-11-8-10-4-6-14-12(10)15-9-11/h4,6,8-9,12-15H,2-3,5,7H2,1H3. The van der Waals surface area contributed by atoms with Gasteiger partial charge in [0.15, 0.2) is 0 Å². The zero-order valence-electron chi connectivity index (χ0n) is 9.62. The van der Waals surface area contributed by atoms with Crippen molar-refractivity contribution >= 4 is 0 Å². The molecular weight excluding hydrogens is 202 g/mol. The molecule has 1 atom stereocenters. The van der Waals surface area contributed by atoms with Crippen molar-refractivity contribution in [3.05, 3.63) is 35.9 Å². The molecule has 0 bridgehead atoms. The summed E-state index contributed by atoms with van der Waals surface area (Å²) in [5, 5.41) is 9.70. The summed E-state index contributed by atoms with van der Waals surface area (Å²) in [6, 6.07) is 0. The summed E-state index contributed by atoms with van der Waals surface area (Å²) in [5.74, 6) is 0.913. The van der Waals surface area contributed by atoms with Crippen LogP contribution in [-0.4, -0.2) is 25.9 Å². The lowest BCUT2D eigenvalue weighted by atomic mass is 10.1. The van der Waals surface area contributed by atoms with Crippen LogP contribution in [-0.2, 0) is 4.74 Å². The number of ether oxygens (including phenoxy) is 1. The molecule has 0 saturated carbocycles. The van der Waals surface area contributed by atoms with Crippen molar-refractivity contribution in [2.45, 2.75) is 19.5 Å². The molecule has 16 heavy (non-hydrogen) atoms. The molecule has 0 fully saturated rings. The molecule has 3 N–H and O–H groups in total. The second kappa shape index (κ2) is 5.61.